The molecule has 0 fully saturated rings. The zero-order valence-electron chi connectivity index (χ0n) is 19.1. The predicted molar refractivity (Wildman–Crippen MR) is 129 cm³/mol. The number of ether oxygens (including phenoxy) is 1. The molecular formula is C26H30N2O4S. The van der Waals surface area contributed by atoms with Crippen molar-refractivity contribution in [2.45, 2.75) is 43.7 Å². The first kappa shape index (κ1) is 24.5. The van der Waals surface area contributed by atoms with Crippen LogP contribution in [0.5, 0.6) is 5.75 Å². The molecule has 3 rings (SSSR count). The highest BCUT2D eigenvalue weighted by Gasteiger charge is 2.18. The van der Waals surface area contributed by atoms with E-state index >= 15 is 0 Å². The summed E-state index contributed by atoms with van der Waals surface area (Å²) in [5.74, 6) is 0.653. The first-order chi connectivity index (χ1) is 15.8. The largest absolute Gasteiger partial charge is 0.496 e. The van der Waals surface area contributed by atoms with Crippen LogP contribution in [0.4, 0.5) is 0 Å². The fraction of sp³-hybridized carbons (Fsp3) is 0.269. The highest BCUT2D eigenvalue weighted by molar-refractivity contribution is 7.89. The Kier molecular flexibility index (Phi) is 8.25. The summed E-state index contributed by atoms with van der Waals surface area (Å²) in [6, 6.07) is 23.1. The van der Waals surface area contributed by atoms with Crippen molar-refractivity contribution in [2.75, 3.05) is 7.11 Å². The summed E-state index contributed by atoms with van der Waals surface area (Å²) in [4.78, 5) is 12.6. The molecule has 3 aromatic rings. The number of carbonyl (C=O) groups is 1. The second-order valence-electron chi connectivity index (χ2n) is 7.93. The summed E-state index contributed by atoms with van der Waals surface area (Å²) in [6.45, 7) is 3.73. The van der Waals surface area contributed by atoms with Crippen LogP contribution in [0.1, 0.15) is 49.0 Å². The lowest BCUT2D eigenvalue weighted by Crippen LogP contribution is -2.27. The highest BCUT2D eigenvalue weighted by Crippen LogP contribution is 2.24. The second kappa shape index (κ2) is 11.1. The summed E-state index contributed by atoms with van der Waals surface area (Å²) in [6.07, 6.45) is 0.813. The fourth-order valence-corrected chi connectivity index (χ4v) is 4.85. The van der Waals surface area contributed by atoms with Gasteiger partial charge in [0, 0.05) is 18.0 Å². The second-order valence-corrected chi connectivity index (χ2v) is 9.64. The van der Waals surface area contributed by atoms with Crippen molar-refractivity contribution in [1.82, 2.24) is 10.0 Å². The molecule has 0 aliphatic rings. The van der Waals surface area contributed by atoms with Gasteiger partial charge < -0.3 is 10.1 Å². The molecule has 0 radical (unpaired) electrons. The van der Waals surface area contributed by atoms with Gasteiger partial charge in [-0.3, -0.25) is 4.79 Å². The summed E-state index contributed by atoms with van der Waals surface area (Å²) in [7, 11) is -2.04. The zero-order chi connectivity index (χ0) is 23.8. The summed E-state index contributed by atoms with van der Waals surface area (Å²) in [5, 5.41) is 2.99. The molecule has 2 unspecified atom stereocenters. The van der Waals surface area contributed by atoms with E-state index in [9.17, 15) is 13.2 Å². The Hall–Kier alpha value is -3.16. The number of sulfonamides is 1. The molecular weight excluding hydrogens is 436 g/mol. The first-order valence-corrected chi connectivity index (χ1v) is 12.4. The minimum Gasteiger partial charge on any atom is -0.496 e. The minimum atomic E-state index is -3.65. The molecule has 7 heteroatoms. The third-order valence-electron chi connectivity index (χ3n) is 5.49. The van der Waals surface area contributed by atoms with Crippen molar-refractivity contribution in [2.24, 2.45) is 0 Å². The predicted octanol–water partition coefficient (Wildman–Crippen LogP) is 4.54. The Balaban J connectivity index is 1.55. The molecule has 33 heavy (non-hydrogen) atoms. The van der Waals surface area contributed by atoms with E-state index in [4.69, 9.17) is 4.74 Å². The summed E-state index contributed by atoms with van der Waals surface area (Å²) >= 11 is 0. The molecule has 0 saturated carbocycles. The van der Waals surface area contributed by atoms with Crippen molar-refractivity contribution in [3.05, 3.63) is 95.6 Å². The molecule has 0 aliphatic heterocycles. The van der Waals surface area contributed by atoms with Crippen molar-refractivity contribution in [3.8, 4) is 5.75 Å². The third kappa shape index (κ3) is 6.66. The lowest BCUT2D eigenvalue weighted by Gasteiger charge is -2.17. The molecule has 0 bridgehead atoms. The molecule has 0 aliphatic carbocycles. The maximum atomic E-state index is 12.7. The van der Waals surface area contributed by atoms with Crippen LogP contribution in [0.15, 0.2) is 83.8 Å². The highest BCUT2D eigenvalue weighted by atomic mass is 32.2. The van der Waals surface area contributed by atoms with E-state index in [-0.39, 0.29) is 22.9 Å². The molecule has 3 aromatic carbocycles. The van der Waals surface area contributed by atoms with Gasteiger partial charge in [-0.25, -0.2) is 13.1 Å². The van der Waals surface area contributed by atoms with E-state index in [0.29, 0.717) is 12.8 Å². The van der Waals surface area contributed by atoms with E-state index in [1.54, 1.807) is 31.4 Å². The van der Waals surface area contributed by atoms with Crippen LogP contribution in [0.3, 0.4) is 0 Å². The lowest BCUT2D eigenvalue weighted by molar-refractivity contribution is -0.121. The van der Waals surface area contributed by atoms with Crippen LogP contribution >= 0.6 is 0 Å². The average Bonchev–Trinajstić information content (AvgIpc) is 2.83. The Labute approximate surface area is 196 Å². The van der Waals surface area contributed by atoms with Crippen molar-refractivity contribution >= 4 is 15.9 Å². The monoisotopic (exact) mass is 466 g/mol. The van der Waals surface area contributed by atoms with Gasteiger partial charge in [0.1, 0.15) is 5.75 Å². The van der Waals surface area contributed by atoms with Gasteiger partial charge in [-0.05, 0) is 49.6 Å². The van der Waals surface area contributed by atoms with Crippen molar-refractivity contribution < 1.29 is 17.9 Å². The van der Waals surface area contributed by atoms with E-state index in [0.717, 1.165) is 22.4 Å². The van der Waals surface area contributed by atoms with Crippen LogP contribution in [0.2, 0.25) is 0 Å². The van der Waals surface area contributed by atoms with Gasteiger partial charge in [0.05, 0.1) is 18.0 Å². The average molecular weight is 467 g/mol. The number of hydrogen-bond donors (Lipinski definition) is 2. The van der Waals surface area contributed by atoms with E-state index in [1.165, 1.54) is 0 Å². The van der Waals surface area contributed by atoms with Gasteiger partial charge >= 0.3 is 0 Å². The SMILES string of the molecule is COc1ccccc1C(C)NC(=O)CCc1ccc(S(=O)(=O)NC(C)c2ccccc2)cc1. The number of amides is 1. The minimum absolute atomic E-state index is 0.0801. The van der Waals surface area contributed by atoms with E-state index in [2.05, 4.69) is 10.0 Å². The summed E-state index contributed by atoms with van der Waals surface area (Å²) in [5.41, 5.74) is 2.70. The Morgan fingerprint density at radius 2 is 1.52 bits per heavy atom. The number of nitrogens with one attached hydrogen (secondary N) is 2. The van der Waals surface area contributed by atoms with Gasteiger partial charge in [-0.1, -0.05) is 60.7 Å². The number of carbonyl (C=O) groups excluding carboxylic acids is 1. The molecule has 2 atom stereocenters. The number of rotatable bonds is 10. The van der Waals surface area contributed by atoms with Crippen LogP contribution in [-0.4, -0.2) is 21.4 Å². The number of benzene rings is 3. The number of aryl methyl sites for hydroxylation is 1. The number of methoxy groups -OCH3 is 1. The number of para-hydroxylation sites is 1. The Morgan fingerprint density at radius 1 is 0.879 bits per heavy atom. The normalized spacial score (nSPS) is 13.2. The molecule has 0 aromatic heterocycles. The third-order valence-corrected chi connectivity index (χ3v) is 7.05. The Morgan fingerprint density at radius 3 is 2.18 bits per heavy atom. The summed E-state index contributed by atoms with van der Waals surface area (Å²) < 4.78 is 33.5. The molecule has 0 heterocycles. The van der Waals surface area contributed by atoms with Crippen LogP contribution in [-0.2, 0) is 21.2 Å². The van der Waals surface area contributed by atoms with Gasteiger partial charge in [0.2, 0.25) is 15.9 Å². The topological polar surface area (TPSA) is 84.5 Å². The molecule has 6 nitrogen and oxygen atoms in total. The Bertz CT molecular complexity index is 1160. The van der Waals surface area contributed by atoms with Gasteiger partial charge in [-0.15, -0.1) is 0 Å². The molecule has 0 saturated heterocycles. The van der Waals surface area contributed by atoms with E-state index in [1.807, 2.05) is 68.4 Å². The van der Waals surface area contributed by atoms with Crippen LogP contribution < -0.4 is 14.8 Å². The fourth-order valence-electron chi connectivity index (χ4n) is 3.62. The van der Waals surface area contributed by atoms with Crippen molar-refractivity contribution in [3.63, 3.8) is 0 Å². The van der Waals surface area contributed by atoms with Crippen LogP contribution in [0, 0.1) is 0 Å². The maximum Gasteiger partial charge on any atom is 0.241 e. The van der Waals surface area contributed by atoms with Gasteiger partial charge in [0.15, 0.2) is 0 Å². The molecule has 0 spiro atoms. The van der Waals surface area contributed by atoms with Crippen LogP contribution in [0.25, 0.3) is 0 Å². The standard InChI is InChI=1S/C26H30N2O4S/c1-19(22-9-5-4-6-10-22)28-33(30,31)23-16-13-21(14-17-23)15-18-26(29)27-20(2)24-11-7-8-12-25(24)32-3/h4-14,16-17,19-20,28H,15,18H2,1-3H3,(H,27,29). The number of hydrogen-bond acceptors (Lipinski definition) is 4. The smallest absolute Gasteiger partial charge is 0.241 e. The maximum absolute atomic E-state index is 12.7. The first-order valence-electron chi connectivity index (χ1n) is 10.9. The van der Waals surface area contributed by atoms with Gasteiger partial charge in [-0.2, -0.15) is 0 Å². The van der Waals surface area contributed by atoms with Gasteiger partial charge in [0.25, 0.3) is 0 Å². The van der Waals surface area contributed by atoms with Crippen molar-refractivity contribution in [1.29, 1.82) is 0 Å². The molecule has 174 valence electrons. The molecule has 2 N–H and O–H groups in total. The van der Waals surface area contributed by atoms with E-state index < -0.39 is 10.0 Å². The zero-order valence-corrected chi connectivity index (χ0v) is 19.9. The molecule has 1 amide bonds. The quantitative estimate of drug-likeness (QED) is 0.459. The lowest BCUT2D eigenvalue weighted by atomic mass is 10.1.